The van der Waals surface area contributed by atoms with Crippen LogP contribution in [0.15, 0.2) is 12.1 Å². The Labute approximate surface area is 251 Å². The van der Waals surface area contributed by atoms with E-state index in [1.807, 2.05) is 11.0 Å². The lowest BCUT2D eigenvalue weighted by molar-refractivity contribution is -0.0625. The summed E-state index contributed by atoms with van der Waals surface area (Å²) in [6.07, 6.45) is 6.92. The molecule has 3 aliphatic carbocycles. The van der Waals surface area contributed by atoms with Crippen LogP contribution >= 0.6 is 0 Å². The lowest BCUT2D eigenvalue weighted by Crippen LogP contribution is -2.41. The molecule has 1 saturated heterocycles. The van der Waals surface area contributed by atoms with E-state index in [4.69, 9.17) is 10.5 Å². The fourth-order valence-electron chi connectivity index (χ4n) is 7.67. The summed E-state index contributed by atoms with van der Waals surface area (Å²) in [6.45, 7) is 6.14. The molecule has 1 aliphatic heterocycles. The second-order valence-corrected chi connectivity index (χ2v) is 13.8. The second-order valence-electron chi connectivity index (χ2n) is 13.8. The van der Waals surface area contributed by atoms with Crippen LogP contribution in [-0.2, 0) is 24.0 Å². The van der Waals surface area contributed by atoms with Crippen LogP contribution < -0.4 is 11.1 Å². The second kappa shape index (κ2) is 11.6. The molecule has 2 heterocycles. The molecular formula is C33H43F3N4O3. The van der Waals surface area contributed by atoms with E-state index in [1.165, 1.54) is 6.07 Å². The van der Waals surface area contributed by atoms with Crippen LogP contribution in [0, 0.1) is 11.2 Å². The van der Waals surface area contributed by atoms with Crippen molar-refractivity contribution in [2.45, 2.75) is 103 Å². The molecule has 0 unspecified atom stereocenters. The van der Waals surface area contributed by atoms with Crippen LogP contribution in [0.4, 0.5) is 18.9 Å². The Morgan fingerprint density at radius 1 is 1.07 bits per heavy atom. The summed E-state index contributed by atoms with van der Waals surface area (Å²) >= 11 is 0. The highest BCUT2D eigenvalue weighted by Gasteiger charge is 2.39. The number of halogens is 3. The standard InChI is InChI=1S/C33H43F3N4O3/c1-32(2)18-27-29(28(41)19-32)23-4-3-5-26(23)40(27)21-16-24(34)30(31(37)42)25(17-21)38-20-6-8-22(9-7-20)43-15-14-39-12-10-33(35,36)11-13-39/h16-17,20,22,38H,3-15,18-19H2,1-2H3,(H2,37,42). The lowest BCUT2D eigenvalue weighted by Gasteiger charge is -2.33. The minimum Gasteiger partial charge on any atom is -0.382 e. The highest BCUT2D eigenvalue weighted by Crippen LogP contribution is 2.43. The molecule has 234 valence electrons. The van der Waals surface area contributed by atoms with Gasteiger partial charge in [-0.05, 0) is 74.5 Å². The molecular weight excluding hydrogens is 557 g/mol. The molecule has 7 nitrogen and oxygen atoms in total. The summed E-state index contributed by atoms with van der Waals surface area (Å²) in [4.78, 5) is 27.7. The number of hydrogen-bond donors (Lipinski definition) is 2. The van der Waals surface area contributed by atoms with E-state index in [2.05, 4.69) is 23.7 Å². The molecule has 1 aromatic heterocycles. The first-order valence-electron chi connectivity index (χ1n) is 15.8. The molecule has 3 N–H and O–H groups in total. The summed E-state index contributed by atoms with van der Waals surface area (Å²) in [6, 6.07) is 3.21. The third kappa shape index (κ3) is 6.23. The summed E-state index contributed by atoms with van der Waals surface area (Å²) in [5.41, 5.74) is 10.2. The highest BCUT2D eigenvalue weighted by atomic mass is 19.3. The summed E-state index contributed by atoms with van der Waals surface area (Å²) in [5.74, 6) is -3.88. The number of primary amides is 1. The van der Waals surface area contributed by atoms with Crippen LogP contribution in [0.5, 0.6) is 0 Å². The Bertz CT molecular complexity index is 1400. The van der Waals surface area contributed by atoms with E-state index >= 15 is 4.39 Å². The SMILES string of the molecule is CC1(C)CC(=O)c2c3c(n(-c4cc(F)c(C(N)=O)c(NC5CCC(OCCN6CCC(F)(F)CC6)CC5)c4)c2C1)CCC3. The summed E-state index contributed by atoms with van der Waals surface area (Å²) < 4.78 is 50.6. The van der Waals surface area contributed by atoms with Gasteiger partial charge in [0, 0.05) is 61.9 Å². The number of nitrogens with two attached hydrogens (primary N) is 1. The predicted molar refractivity (Wildman–Crippen MR) is 159 cm³/mol. The number of benzene rings is 1. The highest BCUT2D eigenvalue weighted by molar-refractivity contribution is 6.01. The Hall–Kier alpha value is -2.85. The number of aromatic nitrogens is 1. The topological polar surface area (TPSA) is 89.6 Å². The Morgan fingerprint density at radius 3 is 2.49 bits per heavy atom. The Balaban J connectivity index is 1.16. The number of ketones is 1. The van der Waals surface area contributed by atoms with Crippen LogP contribution in [0.1, 0.15) is 103 Å². The van der Waals surface area contributed by atoms with E-state index in [9.17, 15) is 18.4 Å². The van der Waals surface area contributed by atoms with Gasteiger partial charge in [0.1, 0.15) is 5.82 Å². The molecule has 0 atom stereocenters. The van der Waals surface area contributed by atoms with E-state index in [0.717, 1.165) is 73.9 Å². The zero-order valence-corrected chi connectivity index (χ0v) is 25.2. The maximum Gasteiger partial charge on any atom is 0.253 e. The van der Waals surface area contributed by atoms with Crippen molar-refractivity contribution in [3.63, 3.8) is 0 Å². The van der Waals surface area contributed by atoms with Gasteiger partial charge in [0.25, 0.3) is 11.8 Å². The van der Waals surface area contributed by atoms with Gasteiger partial charge in [0.05, 0.1) is 29.6 Å². The number of carbonyl (C=O) groups is 2. The van der Waals surface area contributed by atoms with Crippen molar-refractivity contribution in [2.24, 2.45) is 11.1 Å². The third-order valence-electron chi connectivity index (χ3n) is 9.84. The van der Waals surface area contributed by atoms with Gasteiger partial charge in [-0.2, -0.15) is 0 Å². The number of likely N-dealkylation sites (tertiary alicyclic amines) is 1. The zero-order valence-electron chi connectivity index (χ0n) is 25.2. The summed E-state index contributed by atoms with van der Waals surface area (Å²) in [5, 5.41) is 3.43. The minimum atomic E-state index is -2.54. The van der Waals surface area contributed by atoms with Gasteiger partial charge in [-0.25, -0.2) is 13.2 Å². The number of rotatable bonds is 8. The largest absolute Gasteiger partial charge is 0.382 e. The molecule has 0 bridgehead atoms. The number of amides is 1. The number of Topliss-reactive ketones (excluding diaryl/α,β-unsaturated/α-hetero) is 1. The summed E-state index contributed by atoms with van der Waals surface area (Å²) in [7, 11) is 0. The molecule has 4 aliphatic rings. The molecule has 2 aromatic rings. The minimum absolute atomic E-state index is 0.0155. The monoisotopic (exact) mass is 600 g/mol. The molecule has 1 saturated carbocycles. The van der Waals surface area contributed by atoms with E-state index in [0.29, 0.717) is 44.0 Å². The number of alkyl halides is 2. The van der Waals surface area contributed by atoms with Crippen molar-refractivity contribution in [3.8, 4) is 5.69 Å². The van der Waals surface area contributed by atoms with E-state index < -0.39 is 17.6 Å². The van der Waals surface area contributed by atoms with Crippen LogP contribution in [0.25, 0.3) is 5.69 Å². The van der Waals surface area contributed by atoms with Crippen LogP contribution in [0.2, 0.25) is 0 Å². The maximum atomic E-state index is 15.6. The van der Waals surface area contributed by atoms with Gasteiger partial charge in [-0.1, -0.05) is 13.8 Å². The first kappa shape index (κ1) is 30.2. The molecule has 6 rings (SSSR count). The number of anilines is 1. The molecule has 1 amide bonds. The van der Waals surface area contributed by atoms with Gasteiger partial charge in [0.15, 0.2) is 5.78 Å². The fourth-order valence-corrected chi connectivity index (χ4v) is 7.67. The van der Waals surface area contributed by atoms with Gasteiger partial charge < -0.3 is 25.3 Å². The smallest absolute Gasteiger partial charge is 0.253 e. The average Bonchev–Trinajstić information content (AvgIpc) is 3.49. The van der Waals surface area contributed by atoms with Crippen LogP contribution in [0.3, 0.4) is 0 Å². The van der Waals surface area contributed by atoms with Gasteiger partial charge >= 0.3 is 0 Å². The fraction of sp³-hybridized carbons (Fsp3) is 0.636. The Morgan fingerprint density at radius 2 is 1.79 bits per heavy atom. The molecule has 43 heavy (non-hydrogen) atoms. The van der Waals surface area contributed by atoms with Gasteiger partial charge in [-0.15, -0.1) is 0 Å². The first-order chi connectivity index (χ1) is 20.4. The molecule has 2 fully saturated rings. The number of piperidine rings is 1. The number of carbonyl (C=O) groups excluding carboxylic acids is 2. The maximum absolute atomic E-state index is 15.6. The van der Waals surface area contributed by atoms with Crippen molar-refractivity contribution in [1.82, 2.24) is 9.47 Å². The number of hydrogen-bond acceptors (Lipinski definition) is 5. The Kier molecular flexibility index (Phi) is 8.13. The lowest BCUT2D eigenvalue weighted by atomic mass is 9.75. The normalized spacial score (nSPS) is 24.9. The van der Waals surface area contributed by atoms with Gasteiger partial charge in [-0.3, -0.25) is 9.59 Å². The van der Waals surface area contributed by atoms with Crippen LogP contribution in [-0.4, -0.2) is 65.5 Å². The first-order valence-corrected chi connectivity index (χ1v) is 15.8. The zero-order chi connectivity index (χ0) is 30.5. The molecule has 0 radical (unpaired) electrons. The third-order valence-corrected chi connectivity index (χ3v) is 9.84. The number of ether oxygens (including phenoxy) is 1. The number of nitrogens with zero attached hydrogens (tertiary/aromatic N) is 2. The van der Waals surface area contributed by atoms with Crippen molar-refractivity contribution < 1.29 is 27.5 Å². The number of nitrogens with one attached hydrogen (secondary N) is 1. The quantitative estimate of drug-likeness (QED) is 0.398. The molecule has 10 heteroatoms. The van der Waals surface area contributed by atoms with Crippen molar-refractivity contribution in [1.29, 1.82) is 0 Å². The number of fused-ring (bicyclic) bond motifs is 3. The predicted octanol–water partition coefficient (Wildman–Crippen LogP) is 5.83. The van der Waals surface area contributed by atoms with Crippen molar-refractivity contribution >= 4 is 17.4 Å². The van der Waals surface area contributed by atoms with Crippen molar-refractivity contribution in [2.75, 3.05) is 31.6 Å². The van der Waals surface area contributed by atoms with E-state index in [-0.39, 0.29) is 41.7 Å². The average molecular weight is 601 g/mol. The molecule has 0 spiro atoms. The van der Waals surface area contributed by atoms with Crippen molar-refractivity contribution in [3.05, 3.63) is 46.0 Å². The van der Waals surface area contributed by atoms with Gasteiger partial charge in [0.2, 0.25) is 0 Å². The van der Waals surface area contributed by atoms with E-state index in [1.54, 1.807) is 0 Å². The molecule has 1 aromatic carbocycles.